The molecule has 2 aliphatic rings. The summed E-state index contributed by atoms with van der Waals surface area (Å²) in [4.78, 5) is 40.4. The summed E-state index contributed by atoms with van der Waals surface area (Å²) in [6.45, 7) is 12.1. The van der Waals surface area contributed by atoms with Crippen LogP contribution in [0.15, 0.2) is 0 Å². The Morgan fingerprint density at radius 3 is 1.73 bits per heavy atom. The molecule has 2 fully saturated rings. The van der Waals surface area contributed by atoms with Gasteiger partial charge in [-0.1, -0.05) is 64.7 Å². The third kappa shape index (κ3) is 8.65. The zero-order valence-electron chi connectivity index (χ0n) is 25.9. The van der Waals surface area contributed by atoms with Gasteiger partial charge < -0.3 is 29.2 Å². The lowest BCUT2D eigenvalue weighted by Gasteiger charge is -2.42. The Morgan fingerprint density at radius 1 is 0.800 bits per heavy atom. The van der Waals surface area contributed by atoms with Gasteiger partial charge in [-0.05, 0) is 67.2 Å². The van der Waals surface area contributed by atoms with Crippen LogP contribution in [0.2, 0.25) is 0 Å². The predicted octanol–water partition coefficient (Wildman–Crippen LogP) is 6.22. The third-order valence-electron chi connectivity index (χ3n) is 7.60. The number of aliphatic carboxylic acids is 1. The molecule has 0 radical (unpaired) electrons. The molecule has 232 valence electrons. The normalized spacial score (nSPS) is 24.1. The first-order chi connectivity index (χ1) is 18.5. The molecule has 1 saturated heterocycles. The minimum absolute atomic E-state index is 0.309. The summed E-state index contributed by atoms with van der Waals surface area (Å²) in [5.41, 5.74) is -7.43. The maximum atomic E-state index is 14.0. The minimum Gasteiger partial charge on any atom is -0.479 e. The molecule has 0 unspecified atom stereocenters. The van der Waals surface area contributed by atoms with Gasteiger partial charge in [0.05, 0.1) is 0 Å². The zero-order chi connectivity index (χ0) is 30.2. The molecular weight excluding hydrogens is 516 g/mol. The summed E-state index contributed by atoms with van der Waals surface area (Å²) in [7, 11) is 0. The largest absolute Gasteiger partial charge is 0.479 e. The molecule has 0 bridgehead atoms. The van der Waals surface area contributed by atoms with Crippen molar-refractivity contribution in [3.63, 3.8) is 0 Å². The fourth-order valence-corrected chi connectivity index (χ4v) is 5.66. The van der Waals surface area contributed by atoms with Gasteiger partial charge in [0.25, 0.3) is 0 Å². The summed E-state index contributed by atoms with van der Waals surface area (Å²) < 4.78 is 23.7. The molecule has 1 aliphatic heterocycles. The molecule has 1 spiro atoms. The smallest absolute Gasteiger partial charge is 0.346 e. The molecule has 0 amide bonds. The lowest BCUT2D eigenvalue weighted by Crippen LogP contribution is -2.71. The highest BCUT2D eigenvalue weighted by Gasteiger charge is 2.77. The average Bonchev–Trinajstić information content (AvgIpc) is 3.43. The van der Waals surface area contributed by atoms with Crippen LogP contribution < -0.4 is 0 Å². The Morgan fingerprint density at radius 2 is 1.27 bits per heavy atom. The fourth-order valence-electron chi connectivity index (χ4n) is 5.66. The third-order valence-corrected chi connectivity index (χ3v) is 7.60. The second-order valence-electron chi connectivity index (χ2n) is 13.6. The van der Waals surface area contributed by atoms with E-state index in [9.17, 15) is 24.6 Å². The number of carbonyl (C=O) groups excluding carboxylic acids is 2. The predicted molar refractivity (Wildman–Crippen MR) is 151 cm³/mol. The lowest BCUT2D eigenvalue weighted by molar-refractivity contribution is -0.246. The van der Waals surface area contributed by atoms with E-state index >= 15 is 0 Å². The average molecular weight is 571 g/mol. The van der Waals surface area contributed by atoms with Gasteiger partial charge in [-0.25, -0.2) is 14.4 Å². The van der Waals surface area contributed by atoms with Crippen molar-refractivity contribution in [2.24, 2.45) is 0 Å². The summed E-state index contributed by atoms with van der Waals surface area (Å²) >= 11 is 0. The maximum absolute atomic E-state index is 14.0. The molecular formula is C31H54O9. The van der Waals surface area contributed by atoms with Crippen LogP contribution in [0.5, 0.6) is 0 Å². The summed E-state index contributed by atoms with van der Waals surface area (Å²) in [6, 6.07) is 0. The molecule has 1 heterocycles. The van der Waals surface area contributed by atoms with Crippen LogP contribution in [0.3, 0.4) is 0 Å². The fraction of sp³-hybridized carbons (Fsp3) is 0.903. The number of carboxylic acid groups (broad SMARTS) is 1. The van der Waals surface area contributed by atoms with Crippen molar-refractivity contribution in [2.75, 3.05) is 0 Å². The zero-order valence-corrected chi connectivity index (χ0v) is 25.9. The Labute approximate surface area is 240 Å². The highest BCUT2D eigenvalue weighted by atomic mass is 16.8. The van der Waals surface area contributed by atoms with Crippen molar-refractivity contribution < 1.29 is 43.5 Å². The van der Waals surface area contributed by atoms with Gasteiger partial charge in [0.2, 0.25) is 17.3 Å². The molecule has 1 aliphatic carbocycles. The number of aliphatic hydroxyl groups is 1. The van der Waals surface area contributed by atoms with Crippen molar-refractivity contribution in [1.29, 1.82) is 0 Å². The maximum Gasteiger partial charge on any atom is 0.346 e. The van der Waals surface area contributed by atoms with E-state index in [1.807, 2.05) is 0 Å². The monoisotopic (exact) mass is 570 g/mol. The number of ether oxygens (including phenoxy) is 4. The van der Waals surface area contributed by atoms with Crippen LogP contribution in [0.1, 0.15) is 145 Å². The molecule has 3 atom stereocenters. The lowest BCUT2D eigenvalue weighted by atomic mass is 9.74. The van der Waals surface area contributed by atoms with Gasteiger partial charge in [0.1, 0.15) is 11.2 Å². The Bertz CT molecular complexity index is 850. The molecule has 0 aromatic carbocycles. The molecule has 2 rings (SSSR count). The SMILES string of the molecule is CCCCCCCCCCCC[C@@](O)(C(=O)O)[C@]1(C(=O)OC(C)(C)C)OC2(CCCC2)O[C@H]1C(=O)OC(C)(C)C. The minimum atomic E-state index is -2.79. The highest BCUT2D eigenvalue weighted by molar-refractivity contribution is 5.98. The Kier molecular flexibility index (Phi) is 12.0. The number of carbonyl (C=O) groups is 3. The van der Waals surface area contributed by atoms with Crippen molar-refractivity contribution >= 4 is 17.9 Å². The van der Waals surface area contributed by atoms with E-state index in [4.69, 9.17) is 18.9 Å². The van der Waals surface area contributed by atoms with Crippen LogP contribution in [-0.4, -0.2) is 62.4 Å². The number of esters is 2. The van der Waals surface area contributed by atoms with E-state index in [1.165, 1.54) is 32.1 Å². The van der Waals surface area contributed by atoms with Crippen LogP contribution in [0.25, 0.3) is 0 Å². The van der Waals surface area contributed by atoms with Crippen molar-refractivity contribution in [2.45, 2.75) is 179 Å². The number of carboxylic acids is 1. The van der Waals surface area contributed by atoms with Gasteiger partial charge in [0, 0.05) is 12.8 Å². The molecule has 2 N–H and O–H groups in total. The Balaban J connectivity index is 2.36. The van der Waals surface area contributed by atoms with Gasteiger partial charge in [-0.3, -0.25) is 0 Å². The number of rotatable bonds is 15. The first-order valence-electron chi connectivity index (χ1n) is 15.3. The summed E-state index contributed by atoms with van der Waals surface area (Å²) in [5, 5.41) is 22.4. The second kappa shape index (κ2) is 14.0. The number of hydrogen-bond donors (Lipinski definition) is 2. The summed E-state index contributed by atoms with van der Waals surface area (Å²) in [5.74, 6) is -5.16. The molecule has 9 nitrogen and oxygen atoms in total. The van der Waals surface area contributed by atoms with Crippen molar-refractivity contribution in [3.05, 3.63) is 0 Å². The van der Waals surface area contributed by atoms with Crippen molar-refractivity contribution in [3.8, 4) is 0 Å². The highest BCUT2D eigenvalue weighted by Crippen LogP contribution is 2.53. The molecule has 0 aromatic heterocycles. The van der Waals surface area contributed by atoms with Crippen molar-refractivity contribution in [1.82, 2.24) is 0 Å². The molecule has 9 heteroatoms. The van der Waals surface area contributed by atoms with E-state index in [0.29, 0.717) is 38.5 Å². The van der Waals surface area contributed by atoms with E-state index in [1.54, 1.807) is 41.5 Å². The van der Waals surface area contributed by atoms with Crippen LogP contribution >= 0.6 is 0 Å². The van der Waals surface area contributed by atoms with Gasteiger partial charge in [-0.15, -0.1) is 0 Å². The molecule has 40 heavy (non-hydrogen) atoms. The first kappa shape index (κ1) is 34.5. The molecule has 1 saturated carbocycles. The number of unbranched alkanes of at least 4 members (excludes halogenated alkanes) is 9. The van der Waals surface area contributed by atoms with Crippen LogP contribution in [0.4, 0.5) is 0 Å². The quantitative estimate of drug-likeness (QED) is 0.174. The topological polar surface area (TPSA) is 129 Å². The van der Waals surface area contributed by atoms with E-state index in [2.05, 4.69) is 6.92 Å². The van der Waals surface area contributed by atoms with Gasteiger partial charge in [0.15, 0.2) is 5.79 Å². The number of hydrogen-bond acceptors (Lipinski definition) is 8. The first-order valence-corrected chi connectivity index (χ1v) is 15.3. The van der Waals surface area contributed by atoms with Gasteiger partial charge in [-0.2, -0.15) is 0 Å². The summed E-state index contributed by atoms with van der Waals surface area (Å²) in [6.07, 6.45) is 10.1. The van der Waals surface area contributed by atoms with Crippen LogP contribution in [0, 0.1) is 0 Å². The van der Waals surface area contributed by atoms with E-state index in [0.717, 1.165) is 19.3 Å². The van der Waals surface area contributed by atoms with E-state index in [-0.39, 0.29) is 6.42 Å². The van der Waals surface area contributed by atoms with E-state index < -0.39 is 52.2 Å². The second-order valence-corrected chi connectivity index (χ2v) is 13.6. The Hall–Kier alpha value is -1.71. The molecule has 0 aromatic rings. The van der Waals surface area contributed by atoms with Gasteiger partial charge >= 0.3 is 17.9 Å². The van der Waals surface area contributed by atoms with Crippen LogP contribution in [-0.2, 0) is 33.3 Å². The standard InChI is InChI=1S/C31H54O9/c1-8-9-10-11-12-13-14-15-16-17-22-30(36,25(33)34)31(26(35)39-28(5,6)7)23(24(32)38-27(2,3)4)37-29(40-31)20-18-19-21-29/h23,36H,8-22H2,1-7H3,(H,33,34)/t23-,30+,31-/m0/s1.